The molecule has 2 heterocycles. The van der Waals surface area contributed by atoms with Crippen molar-refractivity contribution in [3.05, 3.63) is 84.4 Å². The average molecular weight is 705 g/mol. The summed E-state index contributed by atoms with van der Waals surface area (Å²) in [6.07, 6.45) is 23.1. The van der Waals surface area contributed by atoms with Gasteiger partial charge in [0.05, 0.1) is 11.1 Å². The number of rotatable bonds is 18. The minimum absolute atomic E-state index is 0. The van der Waals surface area contributed by atoms with E-state index >= 15 is 0 Å². The van der Waals surface area contributed by atoms with Gasteiger partial charge in [-0.3, -0.25) is 9.59 Å². The number of nitrogens with one attached hydrogen (secondary N) is 2. The molecule has 0 unspecified atom stereocenters. The van der Waals surface area contributed by atoms with Gasteiger partial charge in [-0.15, -0.1) is 0 Å². The molecule has 3 aromatic rings. The number of unbranched alkanes of at least 4 members (excludes halogenated alkanes) is 10. The Morgan fingerprint density at radius 1 is 0.500 bits per heavy atom. The van der Waals surface area contributed by atoms with E-state index in [1.165, 1.54) is 64.2 Å². The summed E-state index contributed by atoms with van der Waals surface area (Å²) in [5.74, 6) is -0.302. The number of carbonyl (C=O) groups excluding carboxylic acids is 2. The van der Waals surface area contributed by atoms with E-state index in [1.807, 2.05) is 49.1 Å². The van der Waals surface area contributed by atoms with Crippen LogP contribution in [0.25, 0.3) is 0 Å². The number of aryl methyl sites for hydroxylation is 2. The number of carbonyl (C=O) groups is 2. The van der Waals surface area contributed by atoms with Crippen molar-refractivity contribution in [3.63, 3.8) is 0 Å². The molecule has 6 nitrogen and oxygen atoms in total. The summed E-state index contributed by atoms with van der Waals surface area (Å²) in [6, 6.07) is 14.6. The summed E-state index contributed by atoms with van der Waals surface area (Å²) in [4.78, 5) is 25.4. The Labute approximate surface area is 273 Å². The number of benzene rings is 1. The van der Waals surface area contributed by atoms with Gasteiger partial charge in [-0.05, 0) is 37.1 Å². The van der Waals surface area contributed by atoms with Crippen LogP contribution in [-0.2, 0) is 13.1 Å². The summed E-state index contributed by atoms with van der Waals surface area (Å²) in [7, 11) is 0. The second kappa shape index (κ2) is 22.0. The molecule has 0 saturated heterocycles. The Kier molecular flexibility index (Phi) is 19.6. The van der Waals surface area contributed by atoms with Gasteiger partial charge in [-0.2, -0.15) is 0 Å². The fourth-order valence-electron chi connectivity index (χ4n) is 4.71. The van der Waals surface area contributed by atoms with E-state index < -0.39 is 0 Å². The fraction of sp³-hybridized carbons (Fsp3) is 0.471. The number of aromatic nitrogens is 2. The minimum atomic E-state index is -0.151. The Morgan fingerprint density at radius 2 is 0.810 bits per heavy atom. The quantitative estimate of drug-likeness (QED) is 0.156. The topological polar surface area (TPSA) is 66.0 Å². The van der Waals surface area contributed by atoms with E-state index in [-0.39, 0.29) is 45.8 Å². The van der Waals surface area contributed by atoms with Crippen LogP contribution in [0.1, 0.15) is 112 Å². The molecule has 0 aliphatic carbocycles. The van der Waals surface area contributed by atoms with Crippen molar-refractivity contribution in [3.8, 4) is 0 Å². The van der Waals surface area contributed by atoms with Crippen LogP contribution in [0.3, 0.4) is 0 Å². The number of halogens is 2. The van der Waals surface area contributed by atoms with Gasteiger partial charge in [-0.1, -0.05) is 65.2 Å². The normalized spacial score (nSPS) is 10.3. The molecular formula is C34H48Br2N4O2. The maximum Gasteiger partial charge on any atom is 0.256 e. The third-order valence-corrected chi connectivity index (χ3v) is 7.25. The standard InChI is InChI=1S/C34H46N4O2.2BrH/c1-3-5-7-9-11-13-23-37-25-19-29(20-26-37)33(39)35-31-15-17-32(18-16-31)36-34(40)30-21-27-38(28-22-30)24-14-12-10-8-6-4-2;;/h15-22,25-28H,3-14,23-24H2,1-2H3;2*1H. The molecule has 1 aromatic carbocycles. The van der Waals surface area contributed by atoms with Gasteiger partial charge in [0, 0.05) is 48.5 Å². The molecule has 0 saturated carbocycles. The van der Waals surface area contributed by atoms with E-state index in [0.29, 0.717) is 22.5 Å². The first-order chi connectivity index (χ1) is 19.6. The van der Waals surface area contributed by atoms with Gasteiger partial charge in [0.2, 0.25) is 0 Å². The van der Waals surface area contributed by atoms with E-state index in [4.69, 9.17) is 0 Å². The Balaban J connectivity index is 0.00000441. The molecule has 3 rings (SSSR count). The first-order valence-electron chi connectivity index (χ1n) is 15.3. The zero-order valence-electron chi connectivity index (χ0n) is 25.3. The van der Waals surface area contributed by atoms with Crippen LogP contribution in [0.4, 0.5) is 11.4 Å². The van der Waals surface area contributed by atoms with Gasteiger partial charge in [0.25, 0.3) is 11.8 Å². The molecule has 0 fully saturated rings. The van der Waals surface area contributed by atoms with Crippen LogP contribution >= 0.6 is 0 Å². The average Bonchev–Trinajstić information content (AvgIpc) is 2.98. The van der Waals surface area contributed by atoms with Crippen LogP contribution < -0.4 is 53.7 Å². The van der Waals surface area contributed by atoms with Crippen LogP contribution in [0.15, 0.2) is 73.3 Å². The minimum Gasteiger partial charge on any atom is -1.00 e. The summed E-state index contributed by atoms with van der Waals surface area (Å²) in [5.41, 5.74) is 2.60. The maximum absolute atomic E-state index is 12.7. The van der Waals surface area contributed by atoms with Gasteiger partial charge in [-0.25, -0.2) is 9.13 Å². The number of anilines is 2. The highest BCUT2D eigenvalue weighted by molar-refractivity contribution is 6.05. The molecule has 0 aliphatic rings. The maximum atomic E-state index is 12.7. The second-order valence-corrected chi connectivity index (χ2v) is 10.7. The molecule has 230 valence electrons. The lowest BCUT2D eigenvalue weighted by atomic mass is 10.1. The highest BCUT2D eigenvalue weighted by Gasteiger charge is 2.11. The summed E-state index contributed by atoms with van der Waals surface area (Å²) in [6.45, 7) is 6.42. The zero-order valence-corrected chi connectivity index (χ0v) is 28.5. The van der Waals surface area contributed by atoms with Crippen molar-refractivity contribution >= 4 is 23.2 Å². The number of pyridine rings is 2. The van der Waals surface area contributed by atoms with E-state index in [1.54, 1.807) is 24.3 Å². The predicted octanol–water partition coefficient (Wildman–Crippen LogP) is 1.50. The summed E-state index contributed by atoms with van der Waals surface area (Å²) in [5, 5.41) is 5.87. The van der Waals surface area contributed by atoms with Crippen LogP contribution in [-0.4, -0.2) is 11.8 Å². The number of nitrogens with zero attached hydrogens (tertiary/aromatic N) is 2. The molecule has 0 aliphatic heterocycles. The summed E-state index contributed by atoms with van der Waals surface area (Å²) >= 11 is 0. The monoisotopic (exact) mass is 702 g/mol. The Bertz CT molecular complexity index is 1060. The van der Waals surface area contributed by atoms with Crippen molar-refractivity contribution in [2.45, 2.75) is 104 Å². The van der Waals surface area contributed by atoms with E-state index in [0.717, 1.165) is 25.9 Å². The van der Waals surface area contributed by atoms with Crippen LogP contribution in [0.2, 0.25) is 0 Å². The van der Waals surface area contributed by atoms with Gasteiger partial charge >= 0.3 is 0 Å². The molecule has 0 bridgehead atoms. The first-order valence-corrected chi connectivity index (χ1v) is 15.3. The molecule has 2 aromatic heterocycles. The van der Waals surface area contributed by atoms with Crippen LogP contribution in [0.5, 0.6) is 0 Å². The largest absolute Gasteiger partial charge is 1.00 e. The lowest BCUT2D eigenvalue weighted by Crippen LogP contribution is -3.00. The lowest BCUT2D eigenvalue weighted by Gasteiger charge is -2.08. The van der Waals surface area contributed by atoms with E-state index in [9.17, 15) is 9.59 Å². The molecule has 0 radical (unpaired) electrons. The molecule has 42 heavy (non-hydrogen) atoms. The molecule has 8 heteroatoms. The molecule has 0 spiro atoms. The van der Waals surface area contributed by atoms with E-state index in [2.05, 4.69) is 33.6 Å². The van der Waals surface area contributed by atoms with Crippen molar-refractivity contribution in [2.75, 3.05) is 10.6 Å². The summed E-state index contributed by atoms with van der Waals surface area (Å²) < 4.78 is 4.27. The highest BCUT2D eigenvalue weighted by atomic mass is 79.9. The third kappa shape index (κ3) is 14.1. The number of amides is 2. The van der Waals surface area contributed by atoms with Crippen LogP contribution in [0, 0.1) is 0 Å². The van der Waals surface area contributed by atoms with Gasteiger partial charge in [0.15, 0.2) is 24.8 Å². The smallest absolute Gasteiger partial charge is 0.256 e. The SMILES string of the molecule is CCCCCCCC[n+]1ccc(C(=O)Nc2ccc(NC(=O)c3cc[n+](CCCCCCCC)cc3)cc2)cc1.[Br-].[Br-]. The molecule has 0 atom stereocenters. The van der Waals surface area contributed by atoms with Crippen molar-refractivity contribution < 1.29 is 52.7 Å². The molecule has 2 N–H and O–H groups in total. The second-order valence-electron chi connectivity index (χ2n) is 10.7. The number of hydrogen-bond acceptors (Lipinski definition) is 2. The fourth-order valence-corrected chi connectivity index (χ4v) is 4.71. The number of hydrogen-bond donors (Lipinski definition) is 2. The molecular weight excluding hydrogens is 656 g/mol. The van der Waals surface area contributed by atoms with Crippen molar-refractivity contribution in [2.24, 2.45) is 0 Å². The third-order valence-electron chi connectivity index (χ3n) is 7.25. The van der Waals surface area contributed by atoms with Crippen molar-refractivity contribution in [1.29, 1.82) is 0 Å². The lowest BCUT2D eigenvalue weighted by molar-refractivity contribution is -0.697. The zero-order chi connectivity index (χ0) is 28.4. The first kappa shape index (κ1) is 37.4. The van der Waals surface area contributed by atoms with Crippen molar-refractivity contribution in [1.82, 2.24) is 0 Å². The van der Waals surface area contributed by atoms with Gasteiger partial charge < -0.3 is 44.6 Å². The predicted molar refractivity (Wildman–Crippen MR) is 162 cm³/mol. The Hall–Kier alpha value is -2.58. The molecule has 2 amide bonds. The van der Waals surface area contributed by atoms with Gasteiger partial charge in [0.1, 0.15) is 13.1 Å². The highest BCUT2D eigenvalue weighted by Crippen LogP contribution is 2.16. The Morgan fingerprint density at radius 3 is 1.14 bits per heavy atom.